The molecule has 0 aliphatic carbocycles. The van der Waals surface area contributed by atoms with Crippen LogP contribution in [0.5, 0.6) is 0 Å². The molecule has 0 spiro atoms. The highest BCUT2D eigenvalue weighted by atomic mass is 19.1. The van der Waals surface area contributed by atoms with Crippen molar-refractivity contribution in [1.82, 2.24) is 24.5 Å². The van der Waals surface area contributed by atoms with E-state index in [2.05, 4.69) is 31.8 Å². The van der Waals surface area contributed by atoms with Crippen molar-refractivity contribution in [2.75, 3.05) is 18.0 Å². The Morgan fingerprint density at radius 1 is 1.08 bits per heavy atom. The first-order chi connectivity index (χ1) is 17.4. The molecule has 8 nitrogen and oxygen atoms in total. The quantitative estimate of drug-likeness (QED) is 0.366. The van der Waals surface area contributed by atoms with Gasteiger partial charge in [-0.3, -0.25) is 0 Å². The summed E-state index contributed by atoms with van der Waals surface area (Å²) in [5, 5.41) is 9.32. The molecule has 37 heavy (non-hydrogen) atoms. The van der Waals surface area contributed by atoms with Crippen molar-refractivity contribution >= 4 is 23.0 Å². The molecule has 0 unspecified atom stereocenters. The number of fused-ring (bicyclic) bond motifs is 1. The van der Waals surface area contributed by atoms with Crippen LogP contribution in [0.3, 0.4) is 0 Å². The molecular formula is C27H30F2N6O2. The van der Waals surface area contributed by atoms with E-state index in [-0.39, 0.29) is 36.4 Å². The minimum absolute atomic E-state index is 0. The van der Waals surface area contributed by atoms with Gasteiger partial charge in [0.25, 0.3) is 0 Å². The van der Waals surface area contributed by atoms with E-state index in [0.717, 1.165) is 50.4 Å². The van der Waals surface area contributed by atoms with Gasteiger partial charge in [-0.2, -0.15) is 0 Å². The van der Waals surface area contributed by atoms with E-state index in [4.69, 9.17) is 5.11 Å². The highest BCUT2D eigenvalue weighted by Gasteiger charge is 2.26. The Bertz CT molecular complexity index is 1400. The van der Waals surface area contributed by atoms with Crippen molar-refractivity contribution in [3.63, 3.8) is 0 Å². The Labute approximate surface area is 214 Å². The van der Waals surface area contributed by atoms with Gasteiger partial charge in [-0.05, 0) is 42.5 Å². The minimum Gasteiger partial charge on any atom is -0.478 e. The van der Waals surface area contributed by atoms with E-state index in [1.54, 1.807) is 0 Å². The number of hydrogen-bond donors (Lipinski definition) is 1. The maximum absolute atomic E-state index is 15.1. The number of rotatable bonds is 7. The summed E-state index contributed by atoms with van der Waals surface area (Å²) in [7, 11) is 0. The van der Waals surface area contributed by atoms with Crippen LogP contribution < -0.4 is 4.90 Å². The van der Waals surface area contributed by atoms with Gasteiger partial charge in [-0.25, -0.2) is 33.5 Å². The molecule has 3 aromatic heterocycles. The number of anilines is 1. The summed E-state index contributed by atoms with van der Waals surface area (Å²) in [6, 6.07) is 3.73. The number of aromatic carboxylic acids is 1. The standard InChI is InChI=1S/C26H26F2N6O2.CH4/c1-2-3-16-12-29-26(30-13-16)33-8-6-19(7-9-33)34-14-21(28)23-22(31-15-32-24(23)34)11-17-4-5-18(25(35)36)10-20(17)27;/h4-5,10,12-15,19H,2-3,6-9,11H2,1H3,(H,35,36);1H4. The number of aromatic nitrogens is 5. The molecule has 1 saturated heterocycles. The zero-order valence-electron chi connectivity index (χ0n) is 19.9. The molecule has 1 aromatic carbocycles. The summed E-state index contributed by atoms with van der Waals surface area (Å²) in [6.07, 6.45) is 10.1. The van der Waals surface area contributed by atoms with Crippen LogP contribution in [0, 0.1) is 11.6 Å². The fourth-order valence-corrected chi connectivity index (χ4v) is 4.79. The van der Waals surface area contributed by atoms with E-state index < -0.39 is 17.6 Å². The lowest BCUT2D eigenvalue weighted by atomic mass is 10.0. The number of piperidine rings is 1. The summed E-state index contributed by atoms with van der Waals surface area (Å²) in [6.45, 7) is 3.59. The average Bonchev–Trinajstić information content (AvgIpc) is 3.23. The van der Waals surface area contributed by atoms with Gasteiger partial charge in [0.2, 0.25) is 5.95 Å². The summed E-state index contributed by atoms with van der Waals surface area (Å²) in [5.74, 6) is -1.63. The molecule has 0 saturated carbocycles. The molecular weight excluding hydrogens is 478 g/mol. The molecule has 4 aromatic rings. The lowest BCUT2D eigenvalue weighted by molar-refractivity contribution is 0.0696. The maximum Gasteiger partial charge on any atom is 0.335 e. The molecule has 0 amide bonds. The van der Waals surface area contributed by atoms with Crippen molar-refractivity contribution in [3.8, 4) is 0 Å². The van der Waals surface area contributed by atoms with Crippen LogP contribution in [0.25, 0.3) is 11.0 Å². The highest BCUT2D eigenvalue weighted by Crippen LogP contribution is 2.31. The first-order valence-corrected chi connectivity index (χ1v) is 12.0. The van der Waals surface area contributed by atoms with E-state index in [1.807, 2.05) is 17.0 Å². The van der Waals surface area contributed by atoms with Crippen LogP contribution in [-0.2, 0) is 12.8 Å². The zero-order valence-corrected chi connectivity index (χ0v) is 19.9. The third-order valence-corrected chi connectivity index (χ3v) is 6.67. The number of carboxylic acid groups (broad SMARTS) is 1. The van der Waals surface area contributed by atoms with Gasteiger partial charge in [0.1, 0.15) is 17.8 Å². The third kappa shape index (κ3) is 5.28. The molecule has 1 N–H and O–H groups in total. The maximum atomic E-state index is 15.1. The van der Waals surface area contributed by atoms with Crippen molar-refractivity contribution in [2.24, 2.45) is 0 Å². The lowest BCUT2D eigenvalue weighted by Crippen LogP contribution is -2.35. The average molecular weight is 509 g/mol. The molecule has 5 rings (SSSR count). The SMILES string of the molecule is C.CCCc1cnc(N2CCC(n3cc(F)c4c(Cc5ccc(C(=O)O)cc5F)ncnc43)CC2)nc1. The van der Waals surface area contributed by atoms with Crippen molar-refractivity contribution < 1.29 is 18.7 Å². The van der Waals surface area contributed by atoms with E-state index in [9.17, 15) is 9.18 Å². The molecule has 4 heterocycles. The lowest BCUT2D eigenvalue weighted by Gasteiger charge is -2.32. The number of nitrogens with zero attached hydrogens (tertiary/aromatic N) is 6. The molecule has 1 aliphatic rings. The molecule has 0 radical (unpaired) electrons. The van der Waals surface area contributed by atoms with Crippen LogP contribution in [-0.4, -0.2) is 48.7 Å². The van der Waals surface area contributed by atoms with Gasteiger partial charge < -0.3 is 14.6 Å². The topological polar surface area (TPSA) is 97.0 Å². The molecule has 0 atom stereocenters. The Morgan fingerprint density at radius 3 is 2.46 bits per heavy atom. The minimum atomic E-state index is -1.21. The predicted octanol–water partition coefficient (Wildman–Crippen LogP) is 5.22. The van der Waals surface area contributed by atoms with Crippen LogP contribution in [0.1, 0.15) is 66.8 Å². The second-order valence-electron chi connectivity index (χ2n) is 9.05. The number of hydrogen-bond acceptors (Lipinski definition) is 6. The number of carboxylic acids is 1. The Hall–Kier alpha value is -3.95. The first-order valence-electron chi connectivity index (χ1n) is 12.0. The van der Waals surface area contributed by atoms with E-state index in [1.165, 1.54) is 24.7 Å². The number of aryl methyl sites for hydroxylation is 1. The second kappa shape index (κ2) is 11.0. The van der Waals surface area contributed by atoms with Crippen molar-refractivity contribution in [2.45, 2.75) is 52.5 Å². The molecule has 1 aliphatic heterocycles. The van der Waals surface area contributed by atoms with Gasteiger partial charge in [-0.15, -0.1) is 0 Å². The summed E-state index contributed by atoms with van der Waals surface area (Å²) in [5.41, 5.74) is 2.05. The first kappa shape index (κ1) is 26.1. The molecule has 0 bridgehead atoms. The monoisotopic (exact) mass is 508 g/mol. The normalized spacial score (nSPS) is 14.1. The number of halogens is 2. The summed E-state index contributed by atoms with van der Waals surface area (Å²) in [4.78, 5) is 30.8. The fraction of sp³-hybridized carbons (Fsp3) is 0.370. The largest absolute Gasteiger partial charge is 0.478 e. The molecule has 10 heteroatoms. The van der Waals surface area contributed by atoms with Crippen LogP contribution in [0.4, 0.5) is 14.7 Å². The number of benzene rings is 1. The highest BCUT2D eigenvalue weighted by molar-refractivity contribution is 5.87. The summed E-state index contributed by atoms with van der Waals surface area (Å²) < 4.78 is 31.5. The Morgan fingerprint density at radius 2 is 1.81 bits per heavy atom. The second-order valence-corrected chi connectivity index (χ2v) is 9.05. The predicted molar refractivity (Wildman–Crippen MR) is 137 cm³/mol. The van der Waals surface area contributed by atoms with Gasteiger partial charge in [0, 0.05) is 44.1 Å². The Balaban J connectivity index is 0.00000320. The van der Waals surface area contributed by atoms with Gasteiger partial charge in [-0.1, -0.05) is 26.8 Å². The van der Waals surface area contributed by atoms with Crippen LogP contribution in [0.2, 0.25) is 0 Å². The zero-order chi connectivity index (χ0) is 25.2. The van der Waals surface area contributed by atoms with Gasteiger partial charge >= 0.3 is 5.97 Å². The van der Waals surface area contributed by atoms with Crippen molar-refractivity contribution in [3.05, 3.63) is 77.1 Å². The number of carbonyl (C=O) groups is 1. The van der Waals surface area contributed by atoms with Gasteiger partial charge in [0.05, 0.1) is 16.6 Å². The molecule has 194 valence electrons. The summed E-state index contributed by atoms with van der Waals surface area (Å²) >= 11 is 0. The van der Waals surface area contributed by atoms with E-state index in [0.29, 0.717) is 17.3 Å². The van der Waals surface area contributed by atoms with E-state index >= 15 is 4.39 Å². The fourth-order valence-electron chi connectivity index (χ4n) is 4.79. The van der Waals surface area contributed by atoms with Gasteiger partial charge in [0.15, 0.2) is 5.82 Å². The molecule has 1 fully saturated rings. The smallest absolute Gasteiger partial charge is 0.335 e. The van der Waals surface area contributed by atoms with Crippen molar-refractivity contribution in [1.29, 1.82) is 0 Å². The Kier molecular flexibility index (Phi) is 7.75. The van der Waals surface area contributed by atoms with Crippen LogP contribution in [0.15, 0.2) is 43.1 Å². The third-order valence-electron chi connectivity index (χ3n) is 6.67. The van der Waals surface area contributed by atoms with Crippen LogP contribution >= 0.6 is 0 Å².